The number of amides is 1. The van der Waals surface area contributed by atoms with Crippen molar-refractivity contribution in [2.75, 3.05) is 21.1 Å². The monoisotopic (exact) mass is 330 g/mol. The summed E-state index contributed by atoms with van der Waals surface area (Å²) < 4.78 is 14.1. The van der Waals surface area contributed by atoms with Gasteiger partial charge in [0.2, 0.25) is 5.91 Å². The lowest BCUT2D eigenvalue weighted by molar-refractivity contribution is -0.135. The Morgan fingerprint density at radius 3 is 2.67 bits per heavy atom. The van der Waals surface area contributed by atoms with E-state index in [1.165, 1.54) is 18.9 Å². The third-order valence-corrected chi connectivity index (χ3v) is 4.38. The molecule has 1 fully saturated rings. The topological polar surface area (TPSA) is 52.2 Å². The summed E-state index contributed by atoms with van der Waals surface area (Å²) in [5.41, 5.74) is 2.37. The molecular formula is C18H23FN4O. The molecule has 1 aliphatic rings. The predicted octanol–water partition coefficient (Wildman–Crippen LogP) is 2.69. The molecule has 24 heavy (non-hydrogen) atoms. The molecule has 0 spiro atoms. The lowest BCUT2D eigenvalue weighted by atomic mass is 10.0. The first-order chi connectivity index (χ1) is 11.5. The molecule has 1 aliphatic carbocycles. The van der Waals surface area contributed by atoms with E-state index in [0.717, 1.165) is 11.4 Å². The van der Waals surface area contributed by atoms with E-state index in [2.05, 4.69) is 10.2 Å². The number of aromatic amines is 1. The van der Waals surface area contributed by atoms with E-state index < -0.39 is 6.04 Å². The lowest BCUT2D eigenvalue weighted by Gasteiger charge is -2.28. The number of nitrogens with zero attached hydrogens (tertiary/aromatic N) is 3. The second kappa shape index (κ2) is 6.73. The Labute approximate surface area is 141 Å². The van der Waals surface area contributed by atoms with E-state index in [1.54, 1.807) is 49.1 Å². The maximum absolute atomic E-state index is 14.1. The zero-order valence-electron chi connectivity index (χ0n) is 14.3. The van der Waals surface area contributed by atoms with Crippen LogP contribution < -0.4 is 0 Å². The minimum atomic E-state index is -0.651. The highest BCUT2D eigenvalue weighted by Crippen LogP contribution is 2.39. The first-order valence-corrected chi connectivity index (χ1v) is 8.17. The molecule has 1 N–H and O–H groups in total. The van der Waals surface area contributed by atoms with Crippen LogP contribution >= 0.6 is 0 Å². The molecule has 0 aliphatic heterocycles. The Morgan fingerprint density at radius 1 is 1.33 bits per heavy atom. The fourth-order valence-electron chi connectivity index (χ4n) is 2.92. The molecule has 0 unspecified atom stereocenters. The summed E-state index contributed by atoms with van der Waals surface area (Å²) in [4.78, 5) is 16.2. The van der Waals surface area contributed by atoms with Gasteiger partial charge in [0, 0.05) is 18.5 Å². The summed E-state index contributed by atoms with van der Waals surface area (Å²) in [6, 6.07) is 7.79. The predicted molar refractivity (Wildman–Crippen MR) is 89.9 cm³/mol. The minimum Gasteiger partial charge on any atom is -0.338 e. The molecule has 2 aromatic rings. The number of aromatic nitrogens is 2. The molecule has 1 amide bonds. The fourth-order valence-corrected chi connectivity index (χ4v) is 2.92. The normalized spacial score (nSPS) is 15.5. The van der Waals surface area contributed by atoms with Gasteiger partial charge < -0.3 is 4.90 Å². The van der Waals surface area contributed by atoms with E-state index in [9.17, 15) is 9.18 Å². The number of hydrogen-bond acceptors (Lipinski definition) is 3. The van der Waals surface area contributed by atoms with Gasteiger partial charge in [-0.2, -0.15) is 5.10 Å². The van der Waals surface area contributed by atoms with Crippen molar-refractivity contribution in [3.8, 4) is 0 Å². The Morgan fingerprint density at radius 2 is 2.04 bits per heavy atom. The van der Waals surface area contributed by atoms with Crippen molar-refractivity contribution in [1.29, 1.82) is 0 Å². The summed E-state index contributed by atoms with van der Waals surface area (Å²) in [7, 11) is 5.30. The molecule has 5 nitrogen and oxygen atoms in total. The molecule has 1 atom stereocenters. The quantitative estimate of drug-likeness (QED) is 0.886. The number of benzene rings is 1. The van der Waals surface area contributed by atoms with Gasteiger partial charge in [-0.25, -0.2) is 4.39 Å². The van der Waals surface area contributed by atoms with Crippen LogP contribution in [0, 0.1) is 5.82 Å². The molecular weight excluding hydrogens is 307 g/mol. The van der Waals surface area contributed by atoms with Crippen LogP contribution in [0.4, 0.5) is 4.39 Å². The van der Waals surface area contributed by atoms with Crippen molar-refractivity contribution in [2.24, 2.45) is 0 Å². The summed E-state index contributed by atoms with van der Waals surface area (Å²) >= 11 is 0. The summed E-state index contributed by atoms with van der Waals surface area (Å²) in [6.07, 6.45) is 2.38. The Balaban J connectivity index is 1.75. The highest BCUT2D eigenvalue weighted by Gasteiger charge is 2.29. The van der Waals surface area contributed by atoms with Crippen molar-refractivity contribution < 1.29 is 9.18 Å². The molecule has 1 saturated carbocycles. The van der Waals surface area contributed by atoms with Crippen LogP contribution in [0.3, 0.4) is 0 Å². The molecule has 3 rings (SSSR count). The zero-order valence-corrected chi connectivity index (χ0v) is 14.3. The first-order valence-electron chi connectivity index (χ1n) is 8.17. The lowest BCUT2D eigenvalue weighted by Crippen LogP contribution is -2.38. The maximum Gasteiger partial charge on any atom is 0.244 e. The third kappa shape index (κ3) is 3.48. The fraction of sp³-hybridized carbons (Fsp3) is 0.444. The first kappa shape index (κ1) is 16.6. The highest BCUT2D eigenvalue weighted by molar-refractivity contribution is 5.83. The molecule has 1 heterocycles. The third-order valence-electron chi connectivity index (χ3n) is 4.38. The van der Waals surface area contributed by atoms with Crippen LogP contribution in [-0.4, -0.2) is 47.0 Å². The number of halogens is 1. The SMILES string of the molecule is CN(Cc1cc(C2CC2)n[nH]1)C(=O)[C@H](c1ccccc1F)N(C)C. The number of carbonyl (C=O) groups is 1. The smallest absolute Gasteiger partial charge is 0.244 e. The van der Waals surface area contributed by atoms with Crippen LogP contribution in [0.25, 0.3) is 0 Å². The van der Waals surface area contributed by atoms with Gasteiger partial charge in [0.15, 0.2) is 0 Å². The van der Waals surface area contributed by atoms with E-state index in [4.69, 9.17) is 0 Å². The number of carbonyl (C=O) groups excluding carboxylic acids is 1. The number of nitrogens with one attached hydrogen (secondary N) is 1. The van der Waals surface area contributed by atoms with Gasteiger partial charge in [0.05, 0.1) is 17.9 Å². The van der Waals surface area contributed by atoms with Crippen LogP contribution in [0.2, 0.25) is 0 Å². The van der Waals surface area contributed by atoms with Gasteiger partial charge in [0.1, 0.15) is 11.9 Å². The maximum atomic E-state index is 14.1. The highest BCUT2D eigenvalue weighted by atomic mass is 19.1. The largest absolute Gasteiger partial charge is 0.338 e. The van der Waals surface area contributed by atoms with E-state index in [-0.39, 0.29) is 11.7 Å². The Kier molecular flexibility index (Phi) is 4.66. The van der Waals surface area contributed by atoms with Crippen LogP contribution in [0.1, 0.15) is 41.8 Å². The number of likely N-dealkylation sites (N-methyl/N-ethyl adjacent to an activating group) is 2. The molecule has 1 aromatic heterocycles. The van der Waals surface area contributed by atoms with Crippen molar-refractivity contribution in [3.63, 3.8) is 0 Å². The van der Waals surface area contributed by atoms with E-state index in [1.807, 2.05) is 6.07 Å². The van der Waals surface area contributed by atoms with Crippen LogP contribution in [0.5, 0.6) is 0 Å². The molecule has 128 valence electrons. The van der Waals surface area contributed by atoms with Crippen molar-refractivity contribution in [3.05, 3.63) is 53.1 Å². The van der Waals surface area contributed by atoms with Crippen molar-refractivity contribution >= 4 is 5.91 Å². The molecule has 0 saturated heterocycles. The molecule has 1 aromatic carbocycles. The van der Waals surface area contributed by atoms with Crippen LogP contribution in [0.15, 0.2) is 30.3 Å². The Hall–Kier alpha value is -2.21. The summed E-state index contributed by atoms with van der Waals surface area (Å²) in [5.74, 6) is 0.0622. The zero-order chi connectivity index (χ0) is 17.3. The number of hydrogen-bond donors (Lipinski definition) is 1. The van der Waals surface area contributed by atoms with Crippen molar-refractivity contribution in [1.82, 2.24) is 20.0 Å². The Bertz CT molecular complexity index is 723. The minimum absolute atomic E-state index is 0.146. The van der Waals surface area contributed by atoms with Gasteiger partial charge in [0.25, 0.3) is 0 Å². The van der Waals surface area contributed by atoms with Gasteiger partial charge >= 0.3 is 0 Å². The van der Waals surface area contributed by atoms with Gasteiger partial charge in [-0.1, -0.05) is 18.2 Å². The standard InChI is InChI=1S/C18H23FN4O/c1-22(2)17(14-6-4-5-7-15(14)19)18(24)23(3)11-13-10-16(21-20-13)12-8-9-12/h4-7,10,12,17H,8-9,11H2,1-3H3,(H,20,21)/t17-/m0/s1. The number of rotatable bonds is 6. The summed E-state index contributed by atoms with van der Waals surface area (Å²) in [5, 5.41) is 7.31. The van der Waals surface area contributed by atoms with Gasteiger partial charge in [-0.3, -0.25) is 14.8 Å². The average molecular weight is 330 g/mol. The van der Waals surface area contributed by atoms with Gasteiger partial charge in [-0.05, 0) is 39.1 Å². The molecule has 6 heteroatoms. The van der Waals surface area contributed by atoms with Crippen LogP contribution in [-0.2, 0) is 11.3 Å². The molecule has 0 radical (unpaired) electrons. The summed E-state index contributed by atoms with van der Waals surface area (Å²) in [6.45, 7) is 0.428. The van der Waals surface area contributed by atoms with E-state index >= 15 is 0 Å². The number of H-pyrrole nitrogens is 1. The second-order valence-corrected chi connectivity index (χ2v) is 6.67. The average Bonchev–Trinajstić information content (AvgIpc) is 3.29. The molecule has 0 bridgehead atoms. The van der Waals surface area contributed by atoms with Crippen molar-refractivity contribution in [2.45, 2.75) is 31.3 Å². The second-order valence-electron chi connectivity index (χ2n) is 6.67. The van der Waals surface area contributed by atoms with Gasteiger partial charge in [-0.15, -0.1) is 0 Å². The van der Waals surface area contributed by atoms with E-state index in [0.29, 0.717) is 18.0 Å².